The van der Waals surface area contributed by atoms with Gasteiger partial charge in [-0.2, -0.15) is 0 Å². The van der Waals surface area contributed by atoms with Crippen LogP contribution in [0.3, 0.4) is 0 Å². The van der Waals surface area contributed by atoms with Crippen LogP contribution in [0.1, 0.15) is 46.8 Å². The van der Waals surface area contributed by atoms with Crippen molar-refractivity contribution in [3.8, 4) is 11.5 Å². The maximum absolute atomic E-state index is 12.0. The standard InChI is InChI=1S/C18H22O5/c1-11(6-5-9-19)7-8-13-16(21-3)12(2)14-10-23-18(20)15(14)17(13)22-4/h7,9H,5-6,8,10H2,1-4H3. The van der Waals surface area contributed by atoms with Gasteiger partial charge in [-0.25, -0.2) is 4.79 Å². The highest BCUT2D eigenvalue weighted by Gasteiger charge is 2.32. The minimum atomic E-state index is -0.356. The van der Waals surface area contributed by atoms with E-state index in [4.69, 9.17) is 14.2 Å². The average Bonchev–Trinajstić information content (AvgIpc) is 2.93. The van der Waals surface area contributed by atoms with E-state index >= 15 is 0 Å². The zero-order chi connectivity index (χ0) is 17.0. The van der Waals surface area contributed by atoms with Crippen LogP contribution in [0.5, 0.6) is 11.5 Å². The first-order chi connectivity index (χ1) is 11.0. The average molecular weight is 318 g/mol. The van der Waals surface area contributed by atoms with Crippen molar-refractivity contribution >= 4 is 12.3 Å². The maximum atomic E-state index is 12.0. The highest BCUT2D eigenvalue weighted by Crippen LogP contribution is 2.42. The molecule has 0 bridgehead atoms. The lowest BCUT2D eigenvalue weighted by molar-refractivity contribution is -0.107. The lowest BCUT2D eigenvalue weighted by atomic mass is 9.94. The molecule has 0 aliphatic carbocycles. The Morgan fingerprint density at radius 3 is 2.57 bits per heavy atom. The molecule has 0 aromatic heterocycles. The van der Waals surface area contributed by atoms with Gasteiger partial charge in [0.1, 0.15) is 30.0 Å². The summed E-state index contributed by atoms with van der Waals surface area (Å²) in [5.41, 5.74) is 4.18. The van der Waals surface area contributed by atoms with Gasteiger partial charge in [0.15, 0.2) is 0 Å². The monoisotopic (exact) mass is 318 g/mol. The third-order valence-electron chi connectivity index (χ3n) is 4.14. The summed E-state index contributed by atoms with van der Waals surface area (Å²) >= 11 is 0. The molecule has 23 heavy (non-hydrogen) atoms. The number of hydrogen-bond donors (Lipinski definition) is 0. The molecule has 0 spiro atoms. The minimum absolute atomic E-state index is 0.251. The maximum Gasteiger partial charge on any atom is 0.342 e. The fraction of sp³-hybridized carbons (Fsp3) is 0.444. The summed E-state index contributed by atoms with van der Waals surface area (Å²) in [6.07, 6.45) is 4.74. The van der Waals surface area contributed by atoms with E-state index < -0.39 is 0 Å². The van der Waals surface area contributed by atoms with Crippen molar-refractivity contribution in [1.82, 2.24) is 0 Å². The van der Waals surface area contributed by atoms with Crippen LogP contribution in [0.4, 0.5) is 0 Å². The normalized spacial score (nSPS) is 13.6. The molecule has 1 aliphatic rings. The van der Waals surface area contributed by atoms with E-state index in [0.717, 1.165) is 40.7 Å². The Labute approximate surface area is 136 Å². The van der Waals surface area contributed by atoms with E-state index in [0.29, 0.717) is 24.2 Å². The van der Waals surface area contributed by atoms with Gasteiger partial charge < -0.3 is 19.0 Å². The van der Waals surface area contributed by atoms with Crippen LogP contribution in [0.2, 0.25) is 0 Å². The number of carbonyl (C=O) groups excluding carboxylic acids is 2. The van der Waals surface area contributed by atoms with Crippen molar-refractivity contribution in [3.63, 3.8) is 0 Å². The van der Waals surface area contributed by atoms with Crippen LogP contribution in [0.25, 0.3) is 0 Å². The molecule has 1 aromatic carbocycles. The number of rotatable bonds is 7. The number of aldehydes is 1. The number of ether oxygens (including phenoxy) is 3. The molecule has 0 radical (unpaired) electrons. The molecule has 0 amide bonds. The molecule has 0 unspecified atom stereocenters. The molecule has 5 heteroatoms. The van der Waals surface area contributed by atoms with E-state index in [9.17, 15) is 9.59 Å². The highest BCUT2D eigenvalue weighted by atomic mass is 16.5. The van der Waals surface area contributed by atoms with E-state index in [-0.39, 0.29) is 12.6 Å². The number of cyclic esters (lactones) is 1. The zero-order valence-corrected chi connectivity index (χ0v) is 14.0. The Morgan fingerprint density at radius 1 is 1.26 bits per heavy atom. The molecule has 5 nitrogen and oxygen atoms in total. The largest absolute Gasteiger partial charge is 0.496 e. The molecule has 0 atom stereocenters. The summed E-state index contributed by atoms with van der Waals surface area (Å²) < 4.78 is 16.2. The molecule has 1 heterocycles. The Kier molecular flexibility index (Phi) is 5.42. The van der Waals surface area contributed by atoms with Gasteiger partial charge in [-0.15, -0.1) is 0 Å². The van der Waals surface area contributed by atoms with Crippen molar-refractivity contribution < 1.29 is 23.8 Å². The van der Waals surface area contributed by atoms with E-state index in [1.54, 1.807) is 14.2 Å². The fourth-order valence-electron chi connectivity index (χ4n) is 2.90. The number of carbonyl (C=O) groups is 2. The molecule has 1 aromatic rings. The number of fused-ring (bicyclic) bond motifs is 1. The number of esters is 1. The van der Waals surface area contributed by atoms with Crippen molar-refractivity contribution in [2.75, 3.05) is 14.2 Å². The van der Waals surface area contributed by atoms with Crippen LogP contribution in [-0.2, 0) is 22.6 Å². The highest BCUT2D eigenvalue weighted by molar-refractivity contribution is 5.98. The second-order valence-electron chi connectivity index (χ2n) is 5.56. The first-order valence-corrected chi connectivity index (χ1v) is 7.57. The van der Waals surface area contributed by atoms with Crippen molar-refractivity contribution in [2.24, 2.45) is 0 Å². The summed E-state index contributed by atoms with van der Waals surface area (Å²) in [5.74, 6) is 0.883. The molecule has 2 rings (SSSR count). The van der Waals surface area contributed by atoms with Gasteiger partial charge in [0.05, 0.1) is 14.2 Å². The topological polar surface area (TPSA) is 61.8 Å². The molecule has 1 aliphatic heterocycles. The van der Waals surface area contributed by atoms with Crippen molar-refractivity contribution in [3.05, 3.63) is 33.9 Å². The molecule has 0 fully saturated rings. The zero-order valence-electron chi connectivity index (χ0n) is 14.0. The van der Waals surface area contributed by atoms with Gasteiger partial charge in [0.2, 0.25) is 0 Å². The van der Waals surface area contributed by atoms with Crippen LogP contribution in [0.15, 0.2) is 11.6 Å². The minimum Gasteiger partial charge on any atom is -0.496 e. The van der Waals surface area contributed by atoms with E-state index in [1.165, 1.54) is 0 Å². The van der Waals surface area contributed by atoms with Gasteiger partial charge in [0, 0.05) is 17.5 Å². The smallest absolute Gasteiger partial charge is 0.342 e. The van der Waals surface area contributed by atoms with Gasteiger partial charge in [-0.1, -0.05) is 11.6 Å². The van der Waals surface area contributed by atoms with E-state index in [1.807, 2.05) is 19.9 Å². The summed E-state index contributed by atoms with van der Waals surface area (Å²) in [7, 11) is 3.15. The molecular weight excluding hydrogens is 296 g/mol. The molecular formula is C18H22O5. The first kappa shape index (κ1) is 17.1. The first-order valence-electron chi connectivity index (χ1n) is 7.57. The van der Waals surface area contributed by atoms with Crippen LogP contribution >= 0.6 is 0 Å². The van der Waals surface area contributed by atoms with Gasteiger partial charge in [-0.3, -0.25) is 0 Å². The number of hydrogen-bond acceptors (Lipinski definition) is 5. The van der Waals surface area contributed by atoms with Gasteiger partial charge in [0.25, 0.3) is 0 Å². The Bertz CT molecular complexity index is 658. The lowest BCUT2D eigenvalue weighted by Crippen LogP contribution is -2.06. The molecule has 0 saturated carbocycles. The number of benzene rings is 1. The van der Waals surface area contributed by atoms with Crippen LogP contribution < -0.4 is 9.47 Å². The Balaban J connectivity index is 2.49. The lowest BCUT2D eigenvalue weighted by Gasteiger charge is -2.18. The predicted octanol–water partition coefficient (Wildman–Crippen LogP) is 3.15. The Morgan fingerprint density at radius 2 is 1.96 bits per heavy atom. The van der Waals surface area contributed by atoms with Crippen LogP contribution in [0, 0.1) is 6.92 Å². The number of allylic oxidation sites excluding steroid dienone is 2. The second kappa shape index (κ2) is 7.31. The molecule has 0 N–H and O–H groups in total. The third kappa shape index (κ3) is 3.23. The summed E-state index contributed by atoms with van der Waals surface area (Å²) in [5, 5.41) is 0. The van der Waals surface area contributed by atoms with Crippen molar-refractivity contribution in [2.45, 2.75) is 39.7 Å². The quantitative estimate of drug-likeness (QED) is 0.439. The van der Waals surface area contributed by atoms with Crippen LogP contribution in [-0.4, -0.2) is 26.5 Å². The Hall–Kier alpha value is -2.30. The van der Waals surface area contributed by atoms with E-state index in [2.05, 4.69) is 0 Å². The second-order valence-corrected chi connectivity index (χ2v) is 5.56. The van der Waals surface area contributed by atoms with Gasteiger partial charge in [-0.05, 0) is 32.3 Å². The fourth-order valence-corrected chi connectivity index (χ4v) is 2.90. The summed E-state index contributed by atoms with van der Waals surface area (Å²) in [6.45, 7) is 4.16. The summed E-state index contributed by atoms with van der Waals surface area (Å²) in [6, 6.07) is 0. The number of methoxy groups -OCH3 is 2. The third-order valence-corrected chi connectivity index (χ3v) is 4.14. The molecule has 124 valence electrons. The van der Waals surface area contributed by atoms with Crippen molar-refractivity contribution in [1.29, 1.82) is 0 Å². The summed E-state index contributed by atoms with van der Waals surface area (Å²) in [4.78, 5) is 22.5. The van der Waals surface area contributed by atoms with Gasteiger partial charge >= 0.3 is 5.97 Å². The predicted molar refractivity (Wildman–Crippen MR) is 86.2 cm³/mol. The molecule has 0 saturated heterocycles. The SMILES string of the molecule is COc1c(C)c2c(c(OC)c1CC=C(C)CCC=O)C(=O)OC2.